The number of nitrogens with zero attached hydrogens (tertiary/aromatic N) is 1. The molecule has 78 valence electrons. The summed E-state index contributed by atoms with van der Waals surface area (Å²) in [6.07, 6.45) is 4.49. The summed E-state index contributed by atoms with van der Waals surface area (Å²) < 4.78 is 0. The molecule has 0 saturated carbocycles. The topological polar surface area (TPSA) is 20.3 Å². The van der Waals surface area contributed by atoms with Crippen LogP contribution in [0.1, 0.15) is 18.4 Å². The Morgan fingerprint density at radius 1 is 1.33 bits per heavy atom. The van der Waals surface area contributed by atoms with Crippen molar-refractivity contribution in [1.82, 2.24) is 0 Å². The zero-order valence-electron chi connectivity index (χ0n) is 8.73. The molecule has 15 heavy (non-hydrogen) atoms. The van der Waals surface area contributed by atoms with Crippen molar-refractivity contribution in [3.8, 4) is 0 Å². The molecule has 0 aliphatic carbocycles. The normalized spacial score (nSPS) is 28.4. The van der Waals surface area contributed by atoms with Crippen molar-refractivity contribution in [3.63, 3.8) is 0 Å². The van der Waals surface area contributed by atoms with E-state index < -0.39 is 0 Å². The van der Waals surface area contributed by atoms with Gasteiger partial charge in [-0.2, -0.15) is 0 Å². The zero-order chi connectivity index (χ0) is 10.3. The van der Waals surface area contributed by atoms with Crippen molar-refractivity contribution >= 4 is 12.0 Å². The van der Waals surface area contributed by atoms with Gasteiger partial charge in [-0.05, 0) is 30.9 Å². The molecule has 2 atom stereocenters. The van der Waals surface area contributed by atoms with Gasteiger partial charge in [0.2, 0.25) is 0 Å². The van der Waals surface area contributed by atoms with E-state index in [9.17, 15) is 4.79 Å². The SMILES string of the molecule is O=CC1Cc2ccccc2N2CCCC12. The van der Waals surface area contributed by atoms with Gasteiger partial charge in [-0.25, -0.2) is 0 Å². The molecular weight excluding hydrogens is 186 g/mol. The number of carbonyl (C=O) groups excluding carboxylic acids is 1. The summed E-state index contributed by atoms with van der Waals surface area (Å²) in [5.74, 6) is 0.211. The average molecular weight is 201 g/mol. The Morgan fingerprint density at radius 2 is 2.20 bits per heavy atom. The number of para-hydroxylation sites is 1. The third-order valence-electron chi connectivity index (χ3n) is 3.72. The van der Waals surface area contributed by atoms with Crippen molar-refractivity contribution < 1.29 is 4.79 Å². The zero-order valence-corrected chi connectivity index (χ0v) is 8.73. The minimum Gasteiger partial charge on any atom is -0.368 e. The van der Waals surface area contributed by atoms with E-state index in [1.54, 1.807) is 0 Å². The van der Waals surface area contributed by atoms with E-state index in [-0.39, 0.29) is 5.92 Å². The lowest BCUT2D eigenvalue weighted by Gasteiger charge is -2.37. The van der Waals surface area contributed by atoms with Crippen LogP contribution < -0.4 is 4.90 Å². The van der Waals surface area contributed by atoms with Gasteiger partial charge in [0.1, 0.15) is 6.29 Å². The van der Waals surface area contributed by atoms with Crippen molar-refractivity contribution in [2.75, 3.05) is 11.4 Å². The molecule has 2 heteroatoms. The molecule has 1 aromatic rings. The summed E-state index contributed by atoms with van der Waals surface area (Å²) in [7, 11) is 0. The van der Waals surface area contributed by atoms with E-state index in [4.69, 9.17) is 0 Å². The van der Waals surface area contributed by atoms with Crippen LogP contribution in [0.2, 0.25) is 0 Å². The number of hydrogen-bond donors (Lipinski definition) is 0. The maximum Gasteiger partial charge on any atom is 0.125 e. The summed E-state index contributed by atoms with van der Waals surface area (Å²) in [4.78, 5) is 13.5. The highest BCUT2D eigenvalue weighted by Gasteiger charge is 2.36. The smallest absolute Gasteiger partial charge is 0.125 e. The van der Waals surface area contributed by atoms with Gasteiger partial charge in [0.25, 0.3) is 0 Å². The molecule has 2 nitrogen and oxygen atoms in total. The van der Waals surface area contributed by atoms with Crippen molar-refractivity contribution in [2.45, 2.75) is 25.3 Å². The Bertz CT molecular complexity index is 388. The number of benzene rings is 1. The second-order valence-corrected chi connectivity index (χ2v) is 4.54. The predicted octanol–water partition coefficient (Wildman–Crippen LogP) is 2.03. The highest BCUT2D eigenvalue weighted by atomic mass is 16.1. The summed E-state index contributed by atoms with van der Waals surface area (Å²) in [5, 5.41) is 0. The summed E-state index contributed by atoms with van der Waals surface area (Å²) in [6, 6.07) is 8.97. The largest absolute Gasteiger partial charge is 0.368 e. The quantitative estimate of drug-likeness (QED) is 0.648. The van der Waals surface area contributed by atoms with E-state index in [2.05, 4.69) is 29.2 Å². The lowest BCUT2D eigenvalue weighted by atomic mass is 9.87. The molecule has 1 aromatic carbocycles. The van der Waals surface area contributed by atoms with Crippen LogP contribution in [0.4, 0.5) is 5.69 Å². The molecule has 2 aliphatic heterocycles. The van der Waals surface area contributed by atoms with Gasteiger partial charge in [0.05, 0.1) is 0 Å². The Hall–Kier alpha value is -1.31. The minimum atomic E-state index is 0.211. The first kappa shape index (κ1) is 8.96. The molecule has 1 fully saturated rings. The van der Waals surface area contributed by atoms with Gasteiger partial charge in [-0.15, -0.1) is 0 Å². The van der Waals surface area contributed by atoms with Crippen molar-refractivity contribution in [1.29, 1.82) is 0 Å². The van der Waals surface area contributed by atoms with Crippen LogP contribution in [0.5, 0.6) is 0 Å². The van der Waals surface area contributed by atoms with Gasteiger partial charge >= 0.3 is 0 Å². The fraction of sp³-hybridized carbons (Fsp3) is 0.462. The van der Waals surface area contributed by atoms with E-state index in [0.717, 1.165) is 19.3 Å². The van der Waals surface area contributed by atoms with Gasteiger partial charge < -0.3 is 9.69 Å². The van der Waals surface area contributed by atoms with E-state index in [1.165, 1.54) is 24.1 Å². The third kappa shape index (κ3) is 1.28. The summed E-state index contributed by atoms with van der Waals surface area (Å²) in [5.41, 5.74) is 2.70. The first-order valence-electron chi connectivity index (χ1n) is 5.70. The van der Waals surface area contributed by atoms with Crippen molar-refractivity contribution in [2.24, 2.45) is 5.92 Å². The van der Waals surface area contributed by atoms with Crippen LogP contribution in [-0.4, -0.2) is 18.9 Å². The van der Waals surface area contributed by atoms with Gasteiger partial charge in [-0.1, -0.05) is 18.2 Å². The number of aldehydes is 1. The molecule has 2 aliphatic rings. The highest BCUT2D eigenvalue weighted by Crippen LogP contribution is 2.38. The number of rotatable bonds is 1. The third-order valence-corrected chi connectivity index (χ3v) is 3.72. The Morgan fingerprint density at radius 3 is 3.07 bits per heavy atom. The number of anilines is 1. The van der Waals surface area contributed by atoms with Crippen LogP contribution in [0.3, 0.4) is 0 Å². The van der Waals surface area contributed by atoms with E-state index >= 15 is 0 Å². The molecule has 0 bridgehead atoms. The predicted molar refractivity (Wildman–Crippen MR) is 60.1 cm³/mol. The summed E-state index contributed by atoms with van der Waals surface area (Å²) in [6.45, 7) is 1.12. The van der Waals surface area contributed by atoms with Gasteiger partial charge in [-0.3, -0.25) is 0 Å². The Balaban J connectivity index is 2.06. The molecule has 2 unspecified atom stereocenters. The van der Waals surface area contributed by atoms with Gasteiger partial charge in [0, 0.05) is 24.2 Å². The fourth-order valence-corrected chi connectivity index (χ4v) is 3.03. The molecule has 3 rings (SSSR count). The molecule has 0 radical (unpaired) electrons. The fourth-order valence-electron chi connectivity index (χ4n) is 3.03. The van der Waals surface area contributed by atoms with Crippen LogP contribution in [-0.2, 0) is 11.2 Å². The molecular formula is C13H15NO. The lowest BCUT2D eigenvalue weighted by molar-refractivity contribution is -0.111. The monoisotopic (exact) mass is 201 g/mol. The Labute approximate surface area is 89.9 Å². The second kappa shape index (κ2) is 3.37. The maximum atomic E-state index is 11.1. The minimum absolute atomic E-state index is 0.211. The molecule has 2 heterocycles. The van der Waals surface area contributed by atoms with Crippen molar-refractivity contribution in [3.05, 3.63) is 29.8 Å². The highest BCUT2D eigenvalue weighted by molar-refractivity contribution is 5.65. The molecule has 0 amide bonds. The van der Waals surface area contributed by atoms with E-state index in [1.807, 2.05) is 0 Å². The lowest BCUT2D eigenvalue weighted by Crippen LogP contribution is -2.41. The number of carbonyl (C=O) groups is 1. The maximum absolute atomic E-state index is 11.1. The van der Waals surface area contributed by atoms with E-state index in [0.29, 0.717) is 6.04 Å². The summed E-state index contributed by atoms with van der Waals surface area (Å²) >= 11 is 0. The number of fused-ring (bicyclic) bond motifs is 3. The van der Waals surface area contributed by atoms with Crippen LogP contribution >= 0.6 is 0 Å². The van der Waals surface area contributed by atoms with Crippen LogP contribution in [0.25, 0.3) is 0 Å². The first-order chi connectivity index (χ1) is 7.40. The molecule has 0 spiro atoms. The Kier molecular flexibility index (Phi) is 2.01. The average Bonchev–Trinajstić information content (AvgIpc) is 2.77. The number of hydrogen-bond acceptors (Lipinski definition) is 2. The second-order valence-electron chi connectivity index (χ2n) is 4.54. The molecule has 0 aromatic heterocycles. The van der Waals surface area contributed by atoms with Gasteiger partial charge in [0.15, 0.2) is 0 Å². The van der Waals surface area contributed by atoms with Crippen LogP contribution in [0.15, 0.2) is 24.3 Å². The molecule has 0 N–H and O–H groups in total. The van der Waals surface area contributed by atoms with Crippen LogP contribution in [0, 0.1) is 5.92 Å². The molecule has 1 saturated heterocycles. The first-order valence-corrected chi connectivity index (χ1v) is 5.70. The standard InChI is InChI=1S/C13H15NO/c15-9-11-8-10-4-1-2-5-12(10)14-7-3-6-13(11)14/h1-2,4-5,9,11,13H,3,6-8H2.